The summed E-state index contributed by atoms with van der Waals surface area (Å²) in [5, 5.41) is 5.52. The van der Waals surface area contributed by atoms with Crippen molar-refractivity contribution >= 4 is 16.6 Å². The Morgan fingerprint density at radius 2 is 1.86 bits per heavy atom. The molecule has 4 rings (SSSR count). The first kappa shape index (κ1) is 12.8. The third-order valence-electron chi connectivity index (χ3n) is 3.51. The van der Waals surface area contributed by atoms with E-state index in [1.54, 1.807) is 10.8 Å². The number of nitrogens with zero attached hydrogens (tertiary/aromatic N) is 4. The van der Waals surface area contributed by atoms with Crippen LogP contribution in [0.25, 0.3) is 27.9 Å². The Balaban J connectivity index is 1.95. The number of para-hydroxylation sites is 2. The van der Waals surface area contributed by atoms with Crippen molar-refractivity contribution in [1.29, 1.82) is 0 Å². The van der Waals surface area contributed by atoms with Gasteiger partial charge in [-0.05, 0) is 31.2 Å². The van der Waals surface area contributed by atoms with Crippen LogP contribution >= 0.6 is 0 Å². The molecule has 4 aromatic rings. The van der Waals surface area contributed by atoms with Crippen LogP contribution < -0.4 is 4.74 Å². The molecule has 108 valence electrons. The van der Waals surface area contributed by atoms with E-state index >= 15 is 0 Å². The molecule has 0 aliphatic heterocycles. The molecule has 0 unspecified atom stereocenters. The zero-order chi connectivity index (χ0) is 14.9. The fourth-order valence-electron chi connectivity index (χ4n) is 2.53. The highest BCUT2D eigenvalue weighted by Crippen LogP contribution is 2.28. The van der Waals surface area contributed by atoms with Gasteiger partial charge in [0, 0.05) is 5.39 Å². The maximum Gasteiger partial charge on any atom is 0.185 e. The summed E-state index contributed by atoms with van der Waals surface area (Å²) in [6.45, 7) is 2.57. The van der Waals surface area contributed by atoms with Gasteiger partial charge in [0.2, 0.25) is 0 Å². The molecule has 2 aromatic carbocycles. The quantitative estimate of drug-likeness (QED) is 0.580. The molecular formula is C17H14N4O. The standard InChI is InChI=1S/C17H14N4O/c1-2-22-15-10-6-4-8-13(15)16-19-17-12-7-3-5-9-14(12)18-11-21(17)20-16/h3-11H,2H2,1H3. The molecule has 0 radical (unpaired) electrons. The summed E-state index contributed by atoms with van der Waals surface area (Å²) in [5.74, 6) is 1.43. The Morgan fingerprint density at radius 1 is 1.05 bits per heavy atom. The van der Waals surface area contributed by atoms with Crippen molar-refractivity contribution in [1.82, 2.24) is 19.6 Å². The summed E-state index contributed by atoms with van der Waals surface area (Å²) < 4.78 is 7.38. The van der Waals surface area contributed by atoms with E-state index in [0.717, 1.165) is 27.9 Å². The van der Waals surface area contributed by atoms with Gasteiger partial charge in [-0.25, -0.2) is 14.5 Å². The minimum atomic E-state index is 0.606. The van der Waals surface area contributed by atoms with Gasteiger partial charge in [-0.3, -0.25) is 0 Å². The zero-order valence-corrected chi connectivity index (χ0v) is 12.1. The number of ether oxygens (including phenoxy) is 1. The van der Waals surface area contributed by atoms with Crippen LogP contribution in [0.1, 0.15) is 6.92 Å². The van der Waals surface area contributed by atoms with Crippen LogP contribution in [0.5, 0.6) is 5.75 Å². The molecule has 0 bridgehead atoms. The second kappa shape index (κ2) is 5.11. The number of benzene rings is 2. The third-order valence-corrected chi connectivity index (χ3v) is 3.51. The smallest absolute Gasteiger partial charge is 0.185 e. The van der Waals surface area contributed by atoms with Crippen molar-refractivity contribution < 1.29 is 4.74 Å². The van der Waals surface area contributed by atoms with Gasteiger partial charge < -0.3 is 4.74 Å². The molecule has 22 heavy (non-hydrogen) atoms. The van der Waals surface area contributed by atoms with Gasteiger partial charge in [-0.15, -0.1) is 5.10 Å². The van der Waals surface area contributed by atoms with Gasteiger partial charge in [0.1, 0.15) is 12.1 Å². The number of rotatable bonds is 3. The van der Waals surface area contributed by atoms with E-state index in [1.807, 2.05) is 55.5 Å². The van der Waals surface area contributed by atoms with E-state index in [0.29, 0.717) is 12.4 Å². The molecule has 0 atom stereocenters. The predicted molar refractivity (Wildman–Crippen MR) is 84.9 cm³/mol. The van der Waals surface area contributed by atoms with Crippen LogP contribution in [0.2, 0.25) is 0 Å². The highest BCUT2D eigenvalue weighted by molar-refractivity contribution is 5.91. The average Bonchev–Trinajstić information content (AvgIpc) is 3.00. The van der Waals surface area contributed by atoms with E-state index in [2.05, 4.69) is 15.1 Å². The maximum absolute atomic E-state index is 5.67. The van der Waals surface area contributed by atoms with Crippen LogP contribution in [-0.2, 0) is 0 Å². The van der Waals surface area contributed by atoms with E-state index in [9.17, 15) is 0 Å². The lowest BCUT2D eigenvalue weighted by molar-refractivity contribution is 0.341. The van der Waals surface area contributed by atoms with E-state index in [1.165, 1.54) is 0 Å². The SMILES string of the molecule is CCOc1ccccc1-c1nc2c3ccccc3ncn2n1. The molecule has 0 amide bonds. The van der Waals surface area contributed by atoms with Crippen molar-refractivity contribution in [2.45, 2.75) is 6.92 Å². The average molecular weight is 290 g/mol. The monoisotopic (exact) mass is 290 g/mol. The first-order chi connectivity index (χ1) is 10.9. The number of hydrogen-bond acceptors (Lipinski definition) is 4. The lowest BCUT2D eigenvalue weighted by Gasteiger charge is -2.06. The van der Waals surface area contributed by atoms with Crippen molar-refractivity contribution in [2.24, 2.45) is 0 Å². The van der Waals surface area contributed by atoms with Crippen LogP contribution in [0.4, 0.5) is 0 Å². The lowest BCUT2D eigenvalue weighted by atomic mass is 10.2. The Bertz CT molecular complexity index is 961. The molecule has 5 heteroatoms. The van der Waals surface area contributed by atoms with Crippen LogP contribution in [-0.4, -0.2) is 26.2 Å². The van der Waals surface area contributed by atoms with Crippen LogP contribution in [0, 0.1) is 0 Å². The molecule has 2 heterocycles. The van der Waals surface area contributed by atoms with Gasteiger partial charge in [0.25, 0.3) is 0 Å². The number of aromatic nitrogens is 4. The molecule has 0 saturated carbocycles. The zero-order valence-electron chi connectivity index (χ0n) is 12.1. The molecule has 0 fully saturated rings. The minimum Gasteiger partial charge on any atom is -0.493 e. The molecule has 0 aliphatic rings. The van der Waals surface area contributed by atoms with E-state index in [-0.39, 0.29) is 0 Å². The summed E-state index contributed by atoms with van der Waals surface area (Å²) >= 11 is 0. The Kier molecular flexibility index (Phi) is 2.96. The molecule has 0 aliphatic carbocycles. The normalized spacial score (nSPS) is 11.1. The molecule has 2 aromatic heterocycles. The Morgan fingerprint density at radius 3 is 2.77 bits per heavy atom. The molecule has 0 spiro atoms. The fraction of sp³-hybridized carbons (Fsp3) is 0.118. The summed E-state index contributed by atoms with van der Waals surface area (Å²) in [6.07, 6.45) is 1.69. The van der Waals surface area contributed by atoms with Crippen molar-refractivity contribution in [3.05, 3.63) is 54.9 Å². The van der Waals surface area contributed by atoms with Crippen molar-refractivity contribution in [3.63, 3.8) is 0 Å². The Labute approximate surface area is 127 Å². The van der Waals surface area contributed by atoms with Gasteiger partial charge in [-0.1, -0.05) is 24.3 Å². The van der Waals surface area contributed by atoms with E-state index < -0.39 is 0 Å². The van der Waals surface area contributed by atoms with Crippen LogP contribution in [0.15, 0.2) is 54.9 Å². The lowest BCUT2D eigenvalue weighted by Crippen LogP contribution is -1.94. The fourth-order valence-corrected chi connectivity index (χ4v) is 2.53. The largest absolute Gasteiger partial charge is 0.493 e. The first-order valence-corrected chi connectivity index (χ1v) is 7.19. The molecular weight excluding hydrogens is 276 g/mol. The summed E-state index contributed by atoms with van der Waals surface area (Å²) in [6, 6.07) is 15.7. The summed E-state index contributed by atoms with van der Waals surface area (Å²) in [4.78, 5) is 9.09. The maximum atomic E-state index is 5.67. The molecule has 0 N–H and O–H groups in total. The van der Waals surface area contributed by atoms with Gasteiger partial charge in [0.15, 0.2) is 11.5 Å². The van der Waals surface area contributed by atoms with Gasteiger partial charge >= 0.3 is 0 Å². The summed E-state index contributed by atoms with van der Waals surface area (Å²) in [7, 11) is 0. The van der Waals surface area contributed by atoms with E-state index in [4.69, 9.17) is 4.74 Å². The van der Waals surface area contributed by atoms with Crippen molar-refractivity contribution in [2.75, 3.05) is 6.61 Å². The molecule has 0 saturated heterocycles. The van der Waals surface area contributed by atoms with Gasteiger partial charge in [0.05, 0.1) is 17.7 Å². The minimum absolute atomic E-state index is 0.606. The van der Waals surface area contributed by atoms with Gasteiger partial charge in [-0.2, -0.15) is 0 Å². The second-order valence-corrected chi connectivity index (χ2v) is 4.89. The third kappa shape index (κ3) is 1.98. The predicted octanol–water partition coefficient (Wildman–Crippen LogP) is 3.34. The van der Waals surface area contributed by atoms with Crippen LogP contribution in [0.3, 0.4) is 0 Å². The topological polar surface area (TPSA) is 52.3 Å². The van der Waals surface area contributed by atoms with Crippen molar-refractivity contribution in [3.8, 4) is 17.1 Å². The highest BCUT2D eigenvalue weighted by Gasteiger charge is 2.13. The number of hydrogen-bond donors (Lipinski definition) is 0. The second-order valence-electron chi connectivity index (χ2n) is 4.89. The Hall–Kier alpha value is -2.95. The highest BCUT2D eigenvalue weighted by atomic mass is 16.5. The number of fused-ring (bicyclic) bond motifs is 3. The molecule has 5 nitrogen and oxygen atoms in total. The summed E-state index contributed by atoms with van der Waals surface area (Å²) in [5.41, 5.74) is 2.59. The first-order valence-electron chi connectivity index (χ1n) is 7.19.